The number of carbonyl (C=O) groups excluding carboxylic acids is 4. The molecule has 30 heavy (non-hydrogen) atoms. The number of halogens is 1. The van der Waals surface area contributed by atoms with Crippen LogP contribution >= 0.6 is 11.6 Å². The number of esters is 1. The van der Waals surface area contributed by atoms with Gasteiger partial charge in [-0.25, -0.2) is 9.78 Å². The Hall–Kier alpha value is -3.84. The quantitative estimate of drug-likeness (QED) is 0.401. The van der Waals surface area contributed by atoms with Gasteiger partial charge in [0.25, 0.3) is 5.91 Å². The van der Waals surface area contributed by atoms with Crippen LogP contribution in [0, 0.1) is 0 Å². The molecule has 0 saturated heterocycles. The van der Waals surface area contributed by atoms with Crippen LogP contribution in [0.2, 0.25) is 5.15 Å². The Morgan fingerprint density at radius 1 is 0.900 bits per heavy atom. The molecule has 7 nitrogen and oxygen atoms in total. The molecule has 1 aliphatic rings. The summed E-state index contributed by atoms with van der Waals surface area (Å²) >= 11 is 5.67. The fourth-order valence-electron chi connectivity index (χ4n) is 3.15. The Morgan fingerprint density at radius 2 is 1.60 bits per heavy atom. The molecule has 0 bridgehead atoms. The molecule has 1 heterocycles. The molecule has 0 aliphatic heterocycles. The average molecular weight is 421 g/mol. The largest absolute Gasteiger partial charge is 0.452 e. The molecule has 4 rings (SSSR count). The molecule has 1 aliphatic carbocycles. The maximum absolute atomic E-state index is 12.9. The van der Waals surface area contributed by atoms with Crippen LogP contribution in [-0.4, -0.2) is 35.0 Å². The van der Waals surface area contributed by atoms with Gasteiger partial charge in [0.15, 0.2) is 18.2 Å². The van der Waals surface area contributed by atoms with Gasteiger partial charge in [0.2, 0.25) is 0 Å². The normalized spacial score (nSPS) is 12.0. The van der Waals surface area contributed by atoms with Crippen molar-refractivity contribution in [2.24, 2.45) is 0 Å². The number of hydrogen-bond donors (Lipinski definition) is 1. The Bertz CT molecular complexity index is 1200. The Morgan fingerprint density at radius 3 is 2.30 bits per heavy atom. The molecule has 0 atom stereocenters. The molecule has 0 saturated carbocycles. The predicted molar refractivity (Wildman–Crippen MR) is 108 cm³/mol. The van der Waals surface area contributed by atoms with E-state index in [4.69, 9.17) is 16.3 Å². The van der Waals surface area contributed by atoms with Crippen molar-refractivity contribution in [3.63, 3.8) is 0 Å². The molecule has 3 aromatic rings. The fourth-order valence-corrected chi connectivity index (χ4v) is 3.26. The Balaban J connectivity index is 1.51. The van der Waals surface area contributed by atoms with Crippen LogP contribution < -0.4 is 5.32 Å². The van der Waals surface area contributed by atoms with Crippen molar-refractivity contribution in [1.29, 1.82) is 0 Å². The molecule has 1 amide bonds. The second-order valence-electron chi connectivity index (χ2n) is 6.43. The fraction of sp³-hybridized carbons (Fsp3) is 0.0455. The van der Waals surface area contributed by atoms with E-state index in [2.05, 4.69) is 10.3 Å². The molecule has 0 radical (unpaired) electrons. The Kier molecular flexibility index (Phi) is 5.12. The van der Waals surface area contributed by atoms with Crippen molar-refractivity contribution in [1.82, 2.24) is 4.98 Å². The summed E-state index contributed by atoms with van der Waals surface area (Å²) in [5.41, 5.74) is 1.24. The number of amides is 1. The number of carbonyl (C=O) groups is 4. The van der Waals surface area contributed by atoms with Gasteiger partial charge in [0.1, 0.15) is 5.15 Å². The van der Waals surface area contributed by atoms with E-state index in [1.54, 1.807) is 30.3 Å². The van der Waals surface area contributed by atoms with E-state index < -0.39 is 18.5 Å². The first kappa shape index (κ1) is 19.5. The highest BCUT2D eigenvalue weighted by Crippen LogP contribution is 2.31. The summed E-state index contributed by atoms with van der Waals surface area (Å²) in [6, 6.07) is 14.0. The number of anilines is 1. The van der Waals surface area contributed by atoms with Crippen molar-refractivity contribution in [2.75, 3.05) is 11.9 Å². The third-order valence-corrected chi connectivity index (χ3v) is 4.75. The van der Waals surface area contributed by atoms with Crippen LogP contribution in [0.3, 0.4) is 0 Å². The summed E-state index contributed by atoms with van der Waals surface area (Å²) in [4.78, 5) is 53.7. The summed E-state index contributed by atoms with van der Waals surface area (Å²) in [5.74, 6) is -2.05. The van der Waals surface area contributed by atoms with Gasteiger partial charge in [-0.2, -0.15) is 0 Å². The van der Waals surface area contributed by atoms with Crippen molar-refractivity contribution in [3.05, 3.63) is 93.8 Å². The van der Waals surface area contributed by atoms with Gasteiger partial charge in [0, 0.05) is 22.9 Å². The van der Waals surface area contributed by atoms with Crippen molar-refractivity contribution >= 4 is 40.7 Å². The third kappa shape index (κ3) is 3.58. The first-order valence-corrected chi connectivity index (χ1v) is 9.23. The van der Waals surface area contributed by atoms with Crippen LogP contribution in [0.15, 0.2) is 60.8 Å². The lowest BCUT2D eigenvalue weighted by molar-refractivity contribution is -0.119. The zero-order valence-corrected chi connectivity index (χ0v) is 16.1. The zero-order valence-electron chi connectivity index (χ0n) is 15.3. The summed E-state index contributed by atoms with van der Waals surface area (Å²) in [5, 5.41) is 2.76. The SMILES string of the molecule is O=C(COC(=O)c1ccc(Cl)nc1)Nc1cccc2c1C(=O)c1ccccc1C2=O. The lowest BCUT2D eigenvalue weighted by Gasteiger charge is -2.20. The lowest BCUT2D eigenvalue weighted by Crippen LogP contribution is -2.26. The molecular formula is C22H13ClN2O5. The minimum Gasteiger partial charge on any atom is -0.452 e. The smallest absolute Gasteiger partial charge is 0.340 e. The molecule has 1 aromatic heterocycles. The van der Waals surface area contributed by atoms with Gasteiger partial charge in [-0.3, -0.25) is 14.4 Å². The van der Waals surface area contributed by atoms with Gasteiger partial charge in [-0.15, -0.1) is 0 Å². The highest BCUT2D eigenvalue weighted by atomic mass is 35.5. The van der Waals surface area contributed by atoms with Gasteiger partial charge in [0.05, 0.1) is 16.8 Å². The minimum absolute atomic E-state index is 0.114. The summed E-state index contributed by atoms with van der Waals surface area (Å²) in [7, 11) is 0. The van der Waals surface area contributed by atoms with E-state index in [1.807, 2.05) is 0 Å². The molecule has 2 aromatic carbocycles. The second-order valence-corrected chi connectivity index (χ2v) is 6.81. The minimum atomic E-state index is -0.746. The number of hydrogen-bond acceptors (Lipinski definition) is 6. The lowest BCUT2D eigenvalue weighted by atomic mass is 9.83. The van der Waals surface area contributed by atoms with Crippen LogP contribution in [0.4, 0.5) is 5.69 Å². The average Bonchev–Trinajstić information content (AvgIpc) is 2.76. The highest BCUT2D eigenvalue weighted by Gasteiger charge is 2.31. The number of nitrogens with one attached hydrogen (secondary N) is 1. The van der Waals surface area contributed by atoms with Crippen molar-refractivity contribution in [3.8, 4) is 0 Å². The molecule has 0 spiro atoms. The molecule has 8 heteroatoms. The van der Waals surface area contributed by atoms with E-state index in [9.17, 15) is 19.2 Å². The molecule has 0 fully saturated rings. The number of aromatic nitrogens is 1. The number of pyridine rings is 1. The Labute approximate surface area is 175 Å². The predicted octanol–water partition coefficient (Wildman–Crippen LogP) is 3.31. The van der Waals surface area contributed by atoms with Gasteiger partial charge >= 0.3 is 5.97 Å². The van der Waals surface area contributed by atoms with Crippen molar-refractivity contribution < 1.29 is 23.9 Å². The molecule has 148 valence electrons. The van der Waals surface area contributed by atoms with Crippen LogP contribution in [-0.2, 0) is 9.53 Å². The van der Waals surface area contributed by atoms with Crippen molar-refractivity contribution in [2.45, 2.75) is 0 Å². The first-order valence-electron chi connectivity index (χ1n) is 8.85. The maximum atomic E-state index is 12.9. The summed E-state index contributed by atoms with van der Waals surface area (Å²) in [6.45, 7) is -0.580. The molecular weight excluding hydrogens is 408 g/mol. The van der Waals surface area contributed by atoms with E-state index >= 15 is 0 Å². The van der Waals surface area contributed by atoms with Gasteiger partial charge < -0.3 is 10.1 Å². The topological polar surface area (TPSA) is 102 Å². The van der Waals surface area contributed by atoms with Gasteiger partial charge in [-0.1, -0.05) is 48.0 Å². The summed E-state index contributed by atoms with van der Waals surface area (Å²) < 4.78 is 4.96. The number of ether oxygens (including phenoxy) is 1. The second kappa shape index (κ2) is 7.88. The van der Waals surface area contributed by atoms with Crippen LogP contribution in [0.1, 0.15) is 42.2 Å². The number of ketones is 2. The van der Waals surface area contributed by atoms with Gasteiger partial charge in [-0.05, 0) is 18.2 Å². The van der Waals surface area contributed by atoms with E-state index in [-0.39, 0.29) is 44.7 Å². The van der Waals surface area contributed by atoms with E-state index in [0.717, 1.165) is 0 Å². The van der Waals surface area contributed by atoms with E-state index in [1.165, 1.54) is 30.5 Å². The van der Waals surface area contributed by atoms with E-state index in [0.29, 0.717) is 5.56 Å². The molecule has 1 N–H and O–H groups in total. The summed E-state index contributed by atoms with van der Waals surface area (Å²) in [6.07, 6.45) is 1.23. The maximum Gasteiger partial charge on any atom is 0.340 e. The first-order chi connectivity index (χ1) is 14.5. The highest BCUT2D eigenvalue weighted by molar-refractivity contribution is 6.30. The standard InChI is InChI=1S/C22H13ClN2O5/c23-17-9-8-12(10-24-17)22(29)30-11-18(26)25-16-7-3-6-15-19(16)21(28)14-5-2-1-4-13(14)20(15)27/h1-10H,11H2,(H,25,26). The number of benzene rings is 2. The number of nitrogens with zero attached hydrogens (tertiary/aromatic N) is 1. The van der Waals surface area contributed by atoms with Crippen LogP contribution in [0.5, 0.6) is 0 Å². The number of rotatable bonds is 4. The molecule has 0 unspecified atom stereocenters. The monoisotopic (exact) mass is 420 g/mol. The number of fused-ring (bicyclic) bond motifs is 2. The zero-order chi connectivity index (χ0) is 21.3. The third-order valence-electron chi connectivity index (χ3n) is 4.52. The van der Waals surface area contributed by atoms with Crippen LogP contribution in [0.25, 0.3) is 0 Å².